The van der Waals surface area contributed by atoms with Crippen molar-refractivity contribution >= 4 is 10.9 Å². The molecule has 2 atom stereocenters. The highest BCUT2D eigenvalue weighted by molar-refractivity contribution is 5.79. The van der Waals surface area contributed by atoms with Gasteiger partial charge in [0.15, 0.2) is 0 Å². The third-order valence-corrected chi connectivity index (χ3v) is 6.87. The Kier molecular flexibility index (Phi) is 6.18. The van der Waals surface area contributed by atoms with Crippen LogP contribution in [0.2, 0.25) is 0 Å². The summed E-state index contributed by atoms with van der Waals surface area (Å²) < 4.78 is 28.9. The van der Waals surface area contributed by atoms with Crippen LogP contribution in [0.1, 0.15) is 71.4 Å². The second-order valence-corrected chi connectivity index (χ2v) is 10.0. The van der Waals surface area contributed by atoms with Crippen LogP contribution in [-0.2, 0) is 11.8 Å². The van der Waals surface area contributed by atoms with Gasteiger partial charge >= 0.3 is 0 Å². The molecule has 1 fully saturated rings. The number of nitrogens with one attached hydrogen (secondary N) is 1. The van der Waals surface area contributed by atoms with E-state index in [0.29, 0.717) is 35.8 Å². The normalized spacial score (nSPS) is 18.8. The SMILES string of the molecule is [3H]C(c1cc2ccncc2[nH]1)C(O)(CC1CCCCC1)CC(C)(C)c1cc(F)ccc1OC. The summed E-state index contributed by atoms with van der Waals surface area (Å²) in [5.74, 6) is 0.646. The second-order valence-electron chi connectivity index (χ2n) is 10.0. The molecule has 3 aromatic rings. The maximum Gasteiger partial charge on any atom is 0.123 e. The maximum absolute atomic E-state index is 14.2. The lowest BCUT2D eigenvalue weighted by molar-refractivity contribution is -0.0144. The van der Waals surface area contributed by atoms with Crippen LogP contribution in [0.3, 0.4) is 0 Å². The van der Waals surface area contributed by atoms with Crippen molar-refractivity contribution in [3.8, 4) is 5.75 Å². The zero-order valence-corrected chi connectivity index (χ0v) is 19.3. The molecule has 172 valence electrons. The largest absolute Gasteiger partial charge is 0.496 e. The molecular formula is C27H35FN2O2. The number of pyridine rings is 1. The number of aromatic amines is 1. The van der Waals surface area contributed by atoms with Gasteiger partial charge < -0.3 is 14.8 Å². The summed E-state index contributed by atoms with van der Waals surface area (Å²) in [6.45, 7) is 4.00. The smallest absolute Gasteiger partial charge is 0.123 e. The first-order valence-corrected chi connectivity index (χ1v) is 11.6. The second kappa shape index (κ2) is 9.22. The molecule has 2 unspecified atom stereocenters. The number of benzene rings is 1. The molecular weight excluding hydrogens is 403 g/mol. The summed E-state index contributed by atoms with van der Waals surface area (Å²) >= 11 is 0. The molecule has 4 rings (SSSR count). The average molecular weight is 441 g/mol. The Balaban J connectivity index is 1.71. The lowest BCUT2D eigenvalue weighted by Gasteiger charge is -2.40. The minimum absolute atomic E-state index is 0.318. The van der Waals surface area contributed by atoms with Gasteiger partial charge in [0, 0.05) is 30.6 Å². The minimum atomic E-state index is -1.29. The number of halogens is 1. The Morgan fingerprint density at radius 2 is 2.00 bits per heavy atom. The van der Waals surface area contributed by atoms with E-state index in [9.17, 15) is 10.9 Å². The summed E-state index contributed by atoms with van der Waals surface area (Å²) in [6.07, 6.45) is 9.20. The first-order valence-electron chi connectivity index (χ1n) is 12.2. The van der Waals surface area contributed by atoms with Gasteiger partial charge in [-0.25, -0.2) is 4.39 Å². The number of aromatic nitrogens is 2. The van der Waals surface area contributed by atoms with E-state index < -0.39 is 17.4 Å². The lowest BCUT2D eigenvalue weighted by atomic mass is 9.69. The zero-order chi connectivity index (χ0) is 23.6. The fourth-order valence-electron chi connectivity index (χ4n) is 5.50. The quantitative estimate of drug-likeness (QED) is 0.431. The molecule has 1 aromatic carbocycles. The van der Waals surface area contributed by atoms with E-state index in [0.717, 1.165) is 23.7 Å². The number of nitrogens with zero attached hydrogens (tertiary/aromatic N) is 1. The predicted octanol–water partition coefficient (Wildman–Crippen LogP) is 6.32. The third kappa shape index (κ3) is 5.15. The summed E-state index contributed by atoms with van der Waals surface area (Å²) in [5.41, 5.74) is 0.343. The van der Waals surface area contributed by atoms with Crippen molar-refractivity contribution in [1.82, 2.24) is 9.97 Å². The van der Waals surface area contributed by atoms with E-state index in [1.807, 2.05) is 26.0 Å². The fraction of sp³-hybridized carbons (Fsp3) is 0.519. The molecule has 0 aliphatic heterocycles. The van der Waals surface area contributed by atoms with Crippen molar-refractivity contribution in [2.75, 3.05) is 7.11 Å². The van der Waals surface area contributed by atoms with Crippen LogP contribution in [0.5, 0.6) is 5.75 Å². The molecule has 32 heavy (non-hydrogen) atoms. The van der Waals surface area contributed by atoms with Gasteiger partial charge in [-0.2, -0.15) is 0 Å². The predicted molar refractivity (Wildman–Crippen MR) is 127 cm³/mol. The Labute approximate surface area is 191 Å². The van der Waals surface area contributed by atoms with Gasteiger partial charge in [-0.05, 0) is 54.5 Å². The maximum atomic E-state index is 14.2. The highest BCUT2D eigenvalue weighted by Crippen LogP contribution is 2.43. The van der Waals surface area contributed by atoms with Crippen LogP contribution in [0, 0.1) is 11.7 Å². The first-order chi connectivity index (χ1) is 15.7. The Morgan fingerprint density at radius 1 is 1.22 bits per heavy atom. The van der Waals surface area contributed by atoms with Crippen LogP contribution in [0.25, 0.3) is 10.9 Å². The van der Waals surface area contributed by atoms with Gasteiger partial charge in [0.2, 0.25) is 0 Å². The standard InChI is InChI=1S/C27H35FN2O2/c1-26(2,23-14-21(28)9-10-25(23)32-3)18-27(31,15-19-7-5-4-6-8-19)16-22-13-20-11-12-29-17-24(20)30-22/h9-14,17,19,30-31H,4-8,15-16,18H2,1-3H3/i16T. The number of aliphatic hydroxyl groups is 1. The van der Waals surface area contributed by atoms with Gasteiger partial charge in [0.05, 0.1) is 24.4 Å². The van der Waals surface area contributed by atoms with E-state index in [2.05, 4.69) is 9.97 Å². The van der Waals surface area contributed by atoms with Crippen molar-refractivity contribution in [3.05, 3.63) is 59.8 Å². The highest BCUT2D eigenvalue weighted by atomic mass is 19.1. The molecule has 4 nitrogen and oxygen atoms in total. The monoisotopic (exact) mass is 440 g/mol. The molecule has 0 amide bonds. The Bertz CT molecular complexity index is 1060. The molecule has 0 bridgehead atoms. The van der Waals surface area contributed by atoms with Crippen LogP contribution >= 0.6 is 0 Å². The summed E-state index contributed by atoms with van der Waals surface area (Å²) in [5, 5.41) is 13.2. The van der Waals surface area contributed by atoms with Crippen molar-refractivity contribution in [2.45, 2.75) is 76.2 Å². The molecule has 5 heteroatoms. The molecule has 1 aliphatic carbocycles. The lowest BCUT2D eigenvalue weighted by Crippen LogP contribution is -2.41. The summed E-state index contributed by atoms with van der Waals surface area (Å²) in [7, 11) is 1.58. The Hall–Kier alpha value is -2.40. The van der Waals surface area contributed by atoms with Crippen LogP contribution in [0.4, 0.5) is 4.39 Å². The van der Waals surface area contributed by atoms with Crippen molar-refractivity contribution in [3.63, 3.8) is 0 Å². The molecule has 0 saturated heterocycles. The number of fused-ring (bicyclic) bond motifs is 1. The molecule has 1 saturated carbocycles. The number of rotatable bonds is 8. The van der Waals surface area contributed by atoms with Crippen LogP contribution in [-0.4, -0.2) is 27.8 Å². The topological polar surface area (TPSA) is 58.1 Å². The fourth-order valence-corrected chi connectivity index (χ4v) is 5.50. The van der Waals surface area contributed by atoms with Gasteiger partial charge in [0.25, 0.3) is 0 Å². The van der Waals surface area contributed by atoms with Crippen LogP contribution < -0.4 is 4.74 Å². The third-order valence-electron chi connectivity index (χ3n) is 6.87. The number of hydrogen-bond donors (Lipinski definition) is 2. The van der Waals surface area contributed by atoms with Gasteiger partial charge in [-0.15, -0.1) is 0 Å². The summed E-state index contributed by atoms with van der Waals surface area (Å²) in [4.78, 5) is 7.46. The molecule has 0 spiro atoms. The Morgan fingerprint density at radius 3 is 2.72 bits per heavy atom. The van der Waals surface area contributed by atoms with E-state index >= 15 is 0 Å². The van der Waals surface area contributed by atoms with Crippen molar-refractivity contribution in [2.24, 2.45) is 5.92 Å². The number of ether oxygens (including phenoxy) is 1. The molecule has 2 heterocycles. The van der Waals surface area contributed by atoms with E-state index in [1.165, 1.54) is 31.4 Å². The number of H-pyrrole nitrogens is 1. The highest BCUT2D eigenvalue weighted by Gasteiger charge is 2.39. The number of methoxy groups -OCH3 is 1. The van der Waals surface area contributed by atoms with E-state index in [4.69, 9.17) is 4.74 Å². The molecule has 1 aliphatic rings. The van der Waals surface area contributed by atoms with Gasteiger partial charge in [-0.3, -0.25) is 4.98 Å². The van der Waals surface area contributed by atoms with E-state index in [1.54, 1.807) is 25.6 Å². The number of hydrogen-bond acceptors (Lipinski definition) is 3. The minimum Gasteiger partial charge on any atom is -0.496 e. The zero-order valence-electron chi connectivity index (χ0n) is 20.3. The van der Waals surface area contributed by atoms with Gasteiger partial charge in [-0.1, -0.05) is 46.0 Å². The average Bonchev–Trinajstić information content (AvgIpc) is 3.23. The molecule has 2 aromatic heterocycles. The van der Waals surface area contributed by atoms with Crippen molar-refractivity contribution in [1.29, 1.82) is 0 Å². The van der Waals surface area contributed by atoms with Gasteiger partial charge in [0.1, 0.15) is 11.6 Å². The van der Waals surface area contributed by atoms with E-state index in [-0.39, 0.29) is 5.82 Å². The van der Waals surface area contributed by atoms with Crippen LogP contribution in [0.15, 0.2) is 42.7 Å². The molecule has 0 radical (unpaired) electrons. The van der Waals surface area contributed by atoms with Crippen molar-refractivity contribution < 1.29 is 15.6 Å². The summed E-state index contributed by atoms with van der Waals surface area (Å²) in [6, 6.07) is 8.36. The first kappa shape index (κ1) is 21.4. The molecule has 2 N–H and O–H groups in total.